The molecule has 0 saturated carbocycles. The summed E-state index contributed by atoms with van der Waals surface area (Å²) < 4.78 is 0. The summed E-state index contributed by atoms with van der Waals surface area (Å²) in [5, 5.41) is 15.3. The van der Waals surface area contributed by atoms with Gasteiger partial charge in [-0.05, 0) is 36.1 Å². The first kappa shape index (κ1) is 13.2. The standard InChI is InChI=1S/C13H12N2O3S/c1-9-6-7-19-12(9)8-14-13(16)10-2-4-11(5-3-10)15(17)18/h2-7H,8H2,1H3,(H,14,16). The van der Waals surface area contributed by atoms with Gasteiger partial charge in [0.15, 0.2) is 0 Å². The van der Waals surface area contributed by atoms with Crippen LogP contribution in [0, 0.1) is 17.0 Å². The molecule has 0 aliphatic heterocycles. The van der Waals surface area contributed by atoms with Gasteiger partial charge in [-0.1, -0.05) is 0 Å². The molecule has 0 radical (unpaired) electrons. The fourth-order valence-corrected chi connectivity index (χ4v) is 2.43. The van der Waals surface area contributed by atoms with Crippen LogP contribution in [0.25, 0.3) is 0 Å². The lowest BCUT2D eigenvalue weighted by Gasteiger charge is -2.04. The zero-order chi connectivity index (χ0) is 13.8. The molecule has 2 aromatic rings. The maximum Gasteiger partial charge on any atom is 0.269 e. The summed E-state index contributed by atoms with van der Waals surface area (Å²) in [5.41, 5.74) is 1.54. The minimum Gasteiger partial charge on any atom is -0.347 e. The summed E-state index contributed by atoms with van der Waals surface area (Å²) in [7, 11) is 0. The zero-order valence-electron chi connectivity index (χ0n) is 10.3. The molecular formula is C13H12N2O3S. The number of carbonyl (C=O) groups excluding carboxylic acids is 1. The van der Waals surface area contributed by atoms with Crippen LogP contribution < -0.4 is 5.32 Å². The molecule has 1 aromatic carbocycles. The maximum absolute atomic E-state index is 11.9. The smallest absolute Gasteiger partial charge is 0.269 e. The summed E-state index contributed by atoms with van der Waals surface area (Å²) >= 11 is 1.59. The lowest BCUT2D eigenvalue weighted by atomic mass is 10.2. The van der Waals surface area contributed by atoms with Crippen LogP contribution in [0.4, 0.5) is 5.69 Å². The third-order valence-corrected chi connectivity index (χ3v) is 3.74. The van der Waals surface area contributed by atoms with E-state index in [4.69, 9.17) is 0 Å². The van der Waals surface area contributed by atoms with Crippen LogP contribution in [0.3, 0.4) is 0 Å². The van der Waals surface area contributed by atoms with E-state index < -0.39 is 4.92 Å². The molecule has 1 amide bonds. The van der Waals surface area contributed by atoms with E-state index in [1.165, 1.54) is 24.3 Å². The molecule has 1 aromatic heterocycles. The topological polar surface area (TPSA) is 72.2 Å². The highest BCUT2D eigenvalue weighted by Gasteiger charge is 2.09. The van der Waals surface area contributed by atoms with Gasteiger partial charge in [0.2, 0.25) is 0 Å². The van der Waals surface area contributed by atoms with Crippen molar-refractivity contribution in [2.75, 3.05) is 0 Å². The van der Waals surface area contributed by atoms with Gasteiger partial charge in [0.25, 0.3) is 11.6 Å². The number of carbonyl (C=O) groups is 1. The maximum atomic E-state index is 11.9. The second kappa shape index (κ2) is 5.62. The van der Waals surface area contributed by atoms with Gasteiger partial charge >= 0.3 is 0 Å². The van der Waals surface area contributed by atoms with Crippen molar-refractivity contribution >= 4 is 22.9 Å². The third-order valence-electron chi connectivity index (χ3n) is 2.72. The Kier molecular flexibility index (Phi) is 3.91. The van der Waals surface area contributed by atoms with Crippen LogP contribution in [0.1, 0.15) is 20.8 Å². The molecule has 6 heteroatoms. The van der Waals surface area contributed by atoms with Crippen molar-refractivity contribution in [1.82, 2.24) is 5.32 Å². The van der Waals surface area contributed by atoms with Crippen LogP contribution in [-0.2, 0) is 6.54 Å². The number of aryl methyl sites for hydroxylation is 1. The number of amides is 1. The number of non-ortho nitro benzene ring substituents is 1. The number of thiophene rings is 1. The van der Waals surface area contributed by atoms with Gasteiger partial charge in [-0.2, -0.15) is 0 Å². The van der Waals surface area contributed by atoms with E-state index in [9.17, 15) is 14.9 Å². The molecular weight excluding hydrogens is 264 g/mol. The van der Waals surface area contributed by atoms with Gasteiger partial charge in [0.1, 0.15) is 0 Å². The minimum absolute atomic E-state index is 0.0225. The Morgan fingerprint density at radius 3 is 2.53 bits per heavy atom. The van der Waals surface area contributed by atoms with E-state index in [0.29, 0.717) is 12.1 Å². The predicted molar refractivity (Wildman–Crippen MR) is 73.3 cm³/mol. The molecule has 0 atom stereocenters. The lowest BCUT2D eigenvalue weighted by molar-refractivity contribution is -0.384. The van der Waals surface area contributed by atoms with Gasteiger partial charge in [-0.25, -0.2) is 0 Å². The van der Waals surface area contributed by atoms with Gasteiger partial charge in [-0.3, -0.25) is 14.9 Å². The van der Waals surface area contributed by atoms with E-state index in [-0.39, 0.29) is 11.6 Å². The molecule has 2 rings (SSSR count). The molecule has 0 saturated heterocycles. The number of hydrogen-bond donors (Lipinski definition) is 1. The Balaban J connectivity index is 2.00. The fourth-order valence-electron chi connectivity index (χ4n) is 1.58. The first-order valence-corrected chi connectivity index (χ1v) is 6.51. The highest BCUT2D eigenvalue weighted by atomic mass is 32.1. The average molecular weight is 276 g/mol. The SMILES string of the molecule is Cc1ccsc1CNC(=O)c1ccc([N+](=O)[O-])cc1. The normalized spacial score (nSPS) is 10.2. The second-order valence-corrected chi connectivity index (χ2v) is 5.01. The Morgan fingerprint density at radius 1 is 1.32 bits per heavy atom. The Bertz CT molecular complexity index is 605. The van der Waals surface area contributed by atoms with Crippen molar-refractivity contribution < 1.29 is 9.72 Å². The zero-order valence-corrected chi connectivity index (χ0v) is 11.1. The first-order chi connectivity index (χ1) is 9.08. The minimum atomic E-state index is -0.489. The predicted octanol–water partition coefficient (Wildman–Crippen LogP) is 2.89. The molecule has 0 spiro atoms. The summed E-state index contributed by atoms with van der Waals surface area (Å²) in [6.07, 6.45) is 0. The van der Waals surface area contributed by atoms with Crippen molar-refractivity contribution in [1.29, 1.82) is 0 Å². The van der Waals surface area contributed by atoms with E-state index in [2.05, 4.69) is 5.32 Å². The number of rotatable bonds is 4. The summed E-state index contributed by atoms with van der Waals surface area (Å²) in [6, 6.07) is 7.55. The van der Waals surface area contributed by atoms with Crippen LogP contribution in [-0.4, -0.2) is 10.8 Å². The molecule has 0 fully saturated rings. The van der Waals surface area contributed by atoms with Crippen LogP contribution in [0.5, 0.6) is 0 Å². The van der Waals surface area contributed by atoms with Crippen molar-refractivity contribution in [3.63, 3.8) is 0 Å². The average Bonchev–Trinajstić information content (AvgIpc) is 2.81. The molecule has 0 aliphatic carbocycles. The molecule has 19 heavy (non-hydrogen) atoms. The fraction of sp³-hybridized carbons (Fsp3) is 0.154. The molecule has 0 bridgehead atoms. The Labute approximate surface area is 114 Å². The number of hydrogen-bond acceptors (Lipinski definition) is 4. The molecule has 0 aliphatic rings. The number of benzene rings is 1. The molecule has 98 valence electrons. The van der Waals surface area contributed by atoms with Crippen molar-refractivity contribution in [3.05, 3.63) is 61.8 Å². The summed E-state index contributed by atoms with van der Waals surface area (Å²) in [5.74, 6) is -0.234. The number of nitro benzene ring substituents is 1. The highest BCUT2D eigenvalue weighted by molar-refractivity contribution is 7.10. The number of nitrogens with one attached hydrogen (secondary N) is 1. The Morgan fingerprint density at radius 2 is 2.00 bits per heavy atom. The van der Waals surface area contributed by atoms with Crippen molar-refractivity contribution in [3.8, 4) is 0 Å². The van der Waals surface area contributed by atoms with E-state index in [0.717, 1.165) is 10.4 Å². The Hall–Kier alpha value is -2.21. The largest absolute Gasteiger partial charge is 0.347 e. The highest BCUT2D eigenvalue weighted by Crippen LogP contribution is 2.15. The summed E-state index contributed by atoms with van der Waals surface area (Å²) in [4.78, 5) is 23.0. The van der Waals surface area contributed by atoms with Gasteiger partial charge in [-0.15, -0.1) is 11.3 Å². The van der Waals surface area contributed by atoms with Crippen molar-refractivity contribution in [2.24, 2.45) is 0 Å². The lowest BCUT2D eigenvalue weighted by Crippen LogP contribution is -2.22. The van der Waals surface area contributed by atoms with Crippen LogP contribution in [0.2, 0.25) is 0 Å². The molecule has 1 heterocycles. The van der Waals surface area contributed by atoms with Crippen LogP contribution >= 0.6 is 11.3 Å². The molecule has 0 unspecified atom stereocenters. The number of nitrogens with zero attached hydrogens (tertiary/aromatic N) is 1. The van der Waals surface area contributed by atoms with Crippen LogP contribution in [0.15, 0.2) is 35.7 Å². The first-order valence-electron chi connectivity index (χ1n) is 5.63. The quantitative estimate of drug-likeness (QED) is 0.689. The van der Waals surface area contributed by atoms with E-state index in [1.807, 2.05) is 18.4 Å². The van der Waals surface area contributed by atoms with E-state index >= 15 is 0 Å². The second-order valence-electron chi connectivity index (χ2n) is 4.01. The molecule has 5 nitrogen and oxygen atoms in total. The summed E-state index contributed by atoms with van der Waals surface area (Å²) in [6.45, 7) is 2.46. The monoisotopic (exact) mass is 276 g/mol. The van der Waals surface area contributed by atoms with Crippen molar-refractivity contribution in [2.45, 2.75) is 13.5 Å². The van der Waals surface area contributed by atoms with Gasteiger partial charge < -0.3 is 5.32 Å². The molecule has 1 N–H and O–H groups in total. The number of nitro groups is 1. The van der Waals surface area contributed by atoms with Gasteiger partial charge in [0, 0.05) is 22.6 Å². The third kappa shape index (κ3) is 3.17. The van der Waals surface area contributed by atoms with Gasteiger partial charge in [0.05, 0.1) is 11.5 Å². The van der Waals surface area contributed by atoms with E-state index in [1.54, 1.807) is 11.3 Å².